The van der Waals surface area contributed by atoms with E-state index in [1.54, 1.807) is 0 Å². The van der Waals surface area contributed by atoms with Gasteiger partial charge in [0.2, 0.25) is 0 Å². The van der Waals surface area contributed by atoms with Gasteiger partial charge in [-0.2, -0.15) is 8.78 Å². The normalized spacial score (nSPS) is 12.5. The molecule has 0 saturated heterocycles. The molecule has 3 nitrogen and oxygen atoms in total. The van der Waals surface area contributed by atoms with Crippen LogP contribution in [-0.2, 0) is 9.53 Å². The maximum absolute atomic E-state index is 13.7. The fourth-order valence-electron chi connectivity index (χ4n) is 1.31. The highest BCUT2D eigenvalue weighted by Crippen LogP contribution is 2.36. The summed E-state index contributed by atoms with van der Waals surface area (Å²) in [7, 11) is 0. The van der Waals surface area contributed by atoms with E-state index in [9.17, 15) is 13.6 Å². The minimum Gasteiger partial charge on any atom is -0.462 e. The first-order valence-electron chi connectivity index (χ1n) is 5.06. The van der Waals surface area contributed by atoms with Gasteiger partial charge in [-0.3, -0.25) is 0 Å². The maximum Gasteiger partial charge on any atom is 0.379 e. The number of benzene rings is 1. The number of hydrogen-bond acceptors (Lipinski definition) is 3. The Hall–Kier alpha value is -0.620. The smallest absolute Gasteiger partial charge is 0.379 e. The van der Waals surface area contributed by atoms with Crippen LogP contribution in [0.15, 0.2) is 18.2 Å². The van der Waals surface area contributed by atoms with Gasteiger partial charge in [-0.25, -0.2) is 4.79 Å². The number of carbonyl (C=O) groups excluding carboxylic acids is 1. The van der Waals surface area contributed by atoms with Crippen molar-refractivity contribution in [1.82, 2.24) is 0 Å². The summed E-state index contributed by atoms with van der Waals surface area (Å²) in [5.74, 6) is -5.56. The van der Waals surface area contributed by atoms with Crippen molar-refractivity contribution in [2.45, 2.75) is 18.9 Å². The Labute approximate surface area is 125 Å². The van der Waals surface area contributed by atoms with Crippen LogP contribution in [0.3, 0.4) is 0 Å². The number of alkyl halides is 2. The van der Waals surface area contributed by atoms with Gasteiger partial charge < -0.3 is 10.5 Å². The second-order valence-electron chi connectivity index (χ2n) is 3.46. The largest absolute Gasteiger partial charge is 0.462 e. The molecule has 19 heavy (non-hydrogen) atoms. The maximum atomic E-state index is 13.7. The summed E-state index contributed by atoms with van der Waals surface area (Å²) in [4.78, 5) is 11.1. The molecule has 1 rings (SSSR count). The molecule has 1 aromatic carbocycles. The first-order valence-corrected chi connectivity index (χ1v) is 5.82. The Balaban J connectivity index is 0.00000324. The Morgan fingerprint density at radius 2 is 2.05 bits per heavy atom. The van der Waals surface area contributed by atoms with Crippen LogP contribution < -0.4 is 5.73 Å². The summed E-state index contributed by atoms with van der Waals surface area (Å²) in [6.07, 6.45) is 0. The summed E-state index contributed by atoms with van der Waals surface area (Å²) < 4.78 is 31.7. The molecule has 0 radical (unpaired) electrons. The average Bonchev–Trinajstić information content (AvgIpc) is 2.32. The Kier molecular flexibility index (Phi) is 7.00. The lowest BCUT2D eigenvalue weighted by atomic mass is 10.0. The number of hydrogen-bond donors (Lipinski definition) is 1. The van der Waals surface area contributed by atoms with Crippen LogP contribution in [0, 0.1) is 0 Å². The Bertz CT molecular complexity index is 458. The molecule has 0 unspecified atom stereocenters. The van der Waals surface area contributed by atoms with Crippen molar-refractivity contribution in [3.05, 3.63) is 33.8 Å². The fourth-order valence-corrected chi connectivity index (χ4v) is 1.74. The van der Waals surface area contributed by atoms with Crippen LogP contribution in [0.2, 0.25) is 10.0 Å². The van der Waals surface area contributed by atoms with Crippen molar-refractivity contribution in [2.75, 3.05) is 6.61 Å². The third kappa shape index (κ3) is 3.92. The van der Waals surface area contributed by atoms with Crippen molar-refractivity contribution in [3.8, 4) is 0 Å². The van der Waals surface area contributed by atoms with Gasteiger partial charge in [0.1, 0.15) is 6.04 Å². The zero-order valence-corrected chi connectivity index (χ0v) is 12.2. The number of rotatable bonds is 4. The van der Waals surface area contributed by atoms with Crippen molar-refractivity contribution in [2.24, 2.45) is 5.73 Å². The predicted molar refractivity (Wildman–Crippen MR) is 72.2 cm³/mol. The second kappa shape index (κ2) is 7.24. The van der Waals surface area contributed by atoms with Crippen molar-refractivity contribution in [1.29, 1.82) is 0 Å². The highest BCUT2D eigenvalue weighted by atomic mass is 35.5. The highest BCUT2D eigenvalue weighted by molar-refractivity contribution is 6.42. The molecule has 0 fully saturated rings. The van der Waals surface area contributed by atoms with Crippen LogP contribution in [0.5, 0.6) is 0 Å². The molecule has 0 amide bonds. The molecule has 0 aliphatic heterocycles. The summed E-state index contributed by atoms with van der Waals surface area (Å²) in [5.41, 5.74) is 5.27. The summed E-state index contributed by atoms with van der Waals surface area (Å²) >= 11 is 11.5. The molecule has 0 saturated carbocycles. The van der Waals surface area contributed by atoms with Gasteiger partial charge in [-0.15, -0.1) is 12.4 Å². The number of esters is 1. The molecule has 108 valence electrons. The van der Waals surface area contributed by atoms with E-state index in [-0.39, 0.29) is 34.6 Å². The standard InChI is InChI=1S/C11H11Cl2F2NO2.ClH/c1-2-18-10(17)11(14,15)9(16)6-4-3-5-7(12)8(6)13;/h3-5,9H,2,16H2,1H3;1H/t9-;/m1./s1. The van der Waals surface area contributed by atoms with E-state index < -0.39 is 17.9 Å². The molecule has 0 heterocycles. The fraction of sp³-hybridized carbons (Fsp3) is 0.364. The number of nitrogens with two attached hydrogens (primary N) is 1. The van der Waals surface area contributed by atoms with Gasteiger partial charge in [0.05, 0.1) is 16.7 Å². The Morgan fingerprint density at radius 3 is 2.58 bits per heavy atom. The molecule has 1 aromatic rings. The molecular formula is C11H12Cl3F2NO2. The monoisotopic (exact) mass is 333 g/mol. The molecular weight excluding hydrogens is 322 g/mol. The molecule has 0 bridgehead atoms. The number of carbonyl (C=O) groups is 1. The van der Waals surface area contributed by atoms with Crippen LogP contribution in [0.1, 0.15) is 18.5 Å². The molecule has 8 heteroatoms. The number of ether oxygens (including phenoxy) is 1. The lowest BCUT2D eigenvalue weighted by Gasteiger charge is -2.22. The first kappa shape index (κ1) is 18.4. The van der Waals surface area contributed by atoms with Crippen molar-refractivity contribution < 1.29 is 18.3 Å². The molecule has 0 aliphatic carbocycles. The van der Waals surface area contributed by atoms with Gasteiger partial charge >= 0.3 is 11.9 Å². The predicted octanol–water partition coefficient (Wildman–Crippen LogP) is 3.61. The molecule has 0 spiro atoms. The second-order valence-corrected chi connectivity index (χ2v) is 4.25. The third-order valence-electron chi connectivity index (χ3n) is 2.25. The van der Waals surface area contributed by atoms with E-state index in [4.69, 9.17) is 28.9 Å². The van der Waals surface area contributed by atoms with E-state index in [2.05, 4.69) is 4.74 Å². The van der Waals surface area contributed by atoms with Crippen LogP contribution in [0.4, 0.5) is 8.78 Å². The SMILES string of the molecule is CCOC(=O)C(F)(F)[C@H](N)c1cccc(Cl)c1Cl.Cl. The third-order valence-corrected chi connectivity index (χ3v) is 3.09. The van der Waals surface area contributed by atoms with E-state index in [0.29, 0.717) is 0 Å². The topological polar surface area (TPSA) is 52.3 Å². The lowest BCUT2D eigenvalue weighted by Crippen LogP contribution is -2.41. The molecule has 0 aliphatic rings. The minimum absolute atomic E-state index is 0. The summed E-state index contributed by atoms with van der Waals surface area (Å²) in [5, 5.41) is -0.0140. The first-order chi connectivity index (χ1) is 8.32. The van der Waals surface area contributed by atoms with E-state index in [0.717, 1.165) is 0 Å². The lowest BCUT2D eigenvalue weighted by molar-refractivity contribution is -0.174. The van der Waals surface area contributed by atoms with Crippen molar-refractivity contribution in [3.63, 3.8) is 0 Å². The van der Waals surface area contributed by atoms with E-state index in [1.165, 1.54) is 25.1 Å². The van der Waals surface area contributed by atoms with Crippen LogP contribution in [0.25, 0.3) is 0 Å². The van der Waals surface area contributed by atoms with Crippen molar-refractivity contribution >= 4 is 41.6 Å². The molecule has 2 N–H and O–H groups in total. The van der Waals surface area contributed by atoms with Gasteiger partial charge in [0.15, 0.2) is 0 Å². The zero-order valence-electron chi connectivity index (χ0n) is 9.83. The quantitative estimate of drug-likeness (QED) is 0.856. The number of halogens is 5. The Morgan fingerprint density at radius 1 is 1.47 bits per heavy atom. The zero-order chi connectivity index (χ0) is 13.9. The van der Waals surface area contributed by atoms with Gasteiger partial charge in [0.25, 0.3) is 0 Å². The molecule has 0 aromatic heterocycles. The van der Waals surface area contributed by atoms with E-state index >= 15 is 0 Å². The van der Waals surface area contributed by atoms with Gasteiger partial charge in [-0.05, 0) is 18.6 Å². The van der Waals surface area contributed by atoms with E-state index in [1.807, 2.05) is 0 Å². The van der Waals surface area contributed by atoms with Gasteiger partial charge in [0, 0.05) is 0 Å². The highest BCUT2D eigenvalue weighted by Gasteiger charge is 2.48. The van der Waals surface area contributed by atoms with Gasteiger partial charge in [-0.1, -0.05) is 35.3 Å². The van der Waals surface area contributed by atoms with Crippen LogP contribution >= 0.6 is 35.6 Å². The summed E-state index contributed by atoms with van der Waals surface area (Å²) in [6, 6.07) is 2.22. The van der Waals surface area contributed by atoms with Crippen LogP contribution in [-0.4, -0.2) is 18.5 Å². The summed E-state index contributed by atoms with van der Waals surface area (Å²) in [6.45, 7) is 1.26. The molecule has 1 atom stereocenters. The minimum atomic E-state index is -3.87. The average molecular weight is 335 g/mol.